The van der Waals surface area contributed by atoms with Crippen molar-refractivity contribution in [2.45, 2.75) is 57.8 Å². The first-order valence-electron chi connectivity index (χ1n) is 10.5. The third-order valence-electron chi connectivity index (χ3n) is 5.75. The van der Waals surface area contributed by atoms with Crippen molar-refractivity contribution in [3.8, 4) is 0 Å². The molecule has 30 heavy (non-hydrogen) atoms. The Morgan fingerprint density at radius 2 is 2.00 bits per heavy atom. The second-order valence-electron chi connectivity index (χ2n) is 8.42. The highest BCUT2D eigenvalue weighted by Gasteiger charge is 2.38. The number of carbonyl (C=O) groups excluding carboxylic acids is 1. The van der Waals surface area contributed by atoms with E-state index in [9.17, 15) is 18.0 Å². The molecule has 164 valence electrons. The van der Waals surface area contributed by atoms with E-state index in [1.54, 1.807) is 4.90 Å². The fourth-order valence-electron chi connectivity index (χ4n) is 4.42. The largest absolute Gasteiger partial charge is 0.417 e. The van der Waals surface area contributed by atoms with Gasteiger partial charge in [0.25, 0.3) is 0 Å². The summed E-state index contributed by atoms with van der Waals surface area (Å²) in [6, 6.07) is 0.566. The van der Waals surface area contributed by atoms with Gasteiger partial charge in [0.05, 0.1) is 29.2 Å². The SMILES string of the molecule is CC(C)Nc1n[nH]c2nc(C3CCCN3C(=O)CN3CCCC3)cc(C(F)(F)F)c12. The Morgan fingerprint density at radius 1 is 1.27 bits per heavy atom. The van der Waals surface area contributed by atoms with Crippen LogP contribution in [0.15, 0.2) is 6.07 Å². The Balaban J connectivity index is 1.68. The molecule has 2 N–H and O–H groups in total. The average molecular weight is 424 g/mol. The minimum absolute atomic E-state index is 0.0402. The molecule has 1 atom stereocenters. The Morgan fingerprint density at radius 3 is 2.67 bits per heavy atom. The quantitative estimate of drug-likeness (QED) is 0.768. The van der Waals surface area contributed by atoms with Crippen LogP contribution in [0.3, 0.4) is 0 Å². The normalized spacial score (nSPS) is 20.6. The number of anilines is 1. The van der Waals surface area contributed by atoms with E-state index in [0.29, 0.717) is 19.5 Å². The van der Waals surface area contributed by atoms with E-state index in [-0.39, 0.29) is 34.5 Å². The lowest BCUT2D eigenvalue weighted by Crippen LogP contribution is -2.39. The Bertz CT molecular complexity index is 919. The van der Waals surface area contributed by atoms with Crippen molar-refractivity contribution in [2.24, 2.45) is 0 Å². The number of rotatable bonds is 5. The van der Waals surface area contributed by atoms with Crippen LogP contribution in [-0.4, -0.2) is 63.1 Å². The van der Waals surface area contributed by atoms with Gasteiger partial charge in [0.1, 0.15) is 0 Å². The molecule has 0 aliphatic carbocycles. The van der Waals surface area contributed by atoms with Gasteiger partial charge in [0.15, 0.2) is 11.5 Å². The predicted molar refractivity (Wildman–Crippen MR) is 107 cm³/mol. The molecule has 2 aliphatic rings. The van der Waals surface area contributed by atoms with Gasteiger partial charge in [-0.2, -0.15) is 18.3 Å². The van der Waals surface area contributed by atoms with Crippen LogP contribution < -0.4 is 5.32 Å². The molecule has 1 unspecified atom stereocenters. The summed E-state index contributed by atoms with van der Waals surface area (Å²) in [6.07, 6.45) is -1.05. The Hall–Kier alpha value is -2.36. The second-order valence-corrected chi connectivity index (χ2v) is 8.42. The van der Waals surface area contributed by atoms with Gasteiger partial charge >= 0.3 is 6.18 Å². The number of aromatic amines is 1. The molecule has 2 fully saturated rings. The van der Waals surface area contributed by atoms with E-state index in [1.807, 2.05) is 13.8 Å². The molecule has 0 aromatic carbocycles. The van der Waals surface area contributed by atoms with Crippen molar-refractivity contribution in [3.63, 3.8) is 0 Å². The van der Waals surface area contributed by atoms with E-state index in [0.717, 1.165) is 38.4 Å². The third kappa shape index (κ3) is 4.10. The molecule has 0 spiro atoms. The molecular weight excluding hydrogens is 397 g/mol. The minimum atomic E-state index is -4.56. The molecule has 2 aliphatic heterocycles. The van der Waals surface area contributed by atoms with Crippen LogP contribution in [0.4, 0.5) is 19.0 Å². The molecule has 4 rings (SSSR count). The molecule has 0 bridgehead atoms. The average Bonchev–Trinajstić information content (AvgIpc) is 3.40. The van der Waals surface area contributed by atoms with Gasteiger partial charge in [-0.25, -0.2) is 4.98 Å². The zero-order chi connectivity index (χ0) is 21.5. The lowest BCUT2D eigenvalue weighted by molar-refractivity contribution is -0.136. The summed E-state index contributed by atoms with van der Waals surface area (Å²) < 4.78 is 41.8. The Labute approximate surface area is 173 Å². The molecule has 10 heteroatoms. The number of amides is 1. The number of aromatic nitrogens is 3. The summed E-state index contributed by atoms with van der Waals surface area (Å²) in [6.45, 7) is 6.31. The summed E-state index contributed by atoms with van der Waals surface area (Å²) in [4.78, 5) is 21.1. The molecular formula is C20H27F3N6O. The van der Waals surface area contributed by atoms with Crippen LogP contribution in [0.5, 0.6) is 0 Å². The van der Waals surface area contributed by atoms with Crippen molar-refractivity contribution in [1.29, 1.82) is 0 Å². The predicted octanol–water partition coefficient (Wildman–Crippen LogP) is 3.56. The zero-order valence-electron chi connectivity index (χ0n) is 17.2. The van der Waals surface area contributed by atoms with E-state index in [1.165, 1.54) is 0 Å². The summed E-state index contributed by atoms with van der Waals surface area (Å²) in [7, 11) is 0. The van der Waals surface area contributed by atoms with Crippen molar-refractivity contribution in [2.75, 3.05) is 31.5 Å². The van der Waals surface area contributed by atoms with Crippen molar-refractivity contribution in [3.05, 3.63) is 17.3 Å². The monoisotopic (exact) mass is 424 g/mol. The summed E-state index contributed by atoms with van der Waals surface area (Å²) in [5.41, 5.74) is -0.429. The molecule has 1 amide bonds. The lowest BCUT2D eigenvalue weighted by Gasteiger charge is -2.27. The van der Waals surface area contributed by atoms with Gasteiger partial charge in [-0.15, -0.1) is 0 Å². The molecule has 4 heterocycles. The first-order chi connectivity index (χ1) is 14.2. The maximum Gasteiger partial charge on any atom is 0.417 e. The number of alkyl halides is 3. The van der Waals surface area contributed by atoms with Gasteiger partial charge in [-0.1, -0.05) is 0 Å². The number of pyridine rings is 1. The summed E-state index contributed by atoms with van der Waals surface area (Å²) in [5, 5.41) is 9.53. The topological polar surface area (TPSA) is 77.1 Å². The van der Waals surface area contributed by atoms with Crippen LogP contribution in [-0.2, 0) is 11.0 Å². The number of fused-ring (bicyclic) bond motifs is 1. The van der Waals surface area contributed by atoms with E-state index in [4.69, 9.17) is 0 Å². The highest BCUT2D eigenvalue weighted by atomic mass is 19.4. The highest BCUT2D eigenvalue weighted by molar-refractivity contribution is 5.91. The first kappa shape index (κ1) is 20.9. The number of carbonyl (C=O) groups is 1. The molecule has 2 aromatic rings. The first-order valence-corrected chi connectivity index (χ1v) is 10.5. The summed E-state index contributed by atoms with van der Waals surface area (Å²) >= 11 is 0. The third-order valence-corrected chi connectivity index (χ3v) is 5.75. The molecule has 0 radical (unpaired) electrons. The van der Waals surface area contributed by atoms with Gasteiger partial charge in [-0.05, 0) is 58.7 Å². The Kier molecular flexibility index (Phi) is 5.61. The molecule has 0 saturated carbocycles. The lowest BCUT2D eigenvalue weighted by atomic mass is 10.0. The van der Waals surface area contributed by atoms with Crippen molar-refractivity contribution >= 4 is 22.8 Å². The van der Waals surface area contributed by atoms with Gasteiger partial charge < -0.3 is 10.2 Å². The van der Waals surface area contributed by atoms with Crippen LogP contribution in [0.25, 0.3) is 11.0 Å². The van der Waals surface area contributed by atoms with Gasteiger partial charge in [-0.3, -0.25) is 14.8 Å². The molecule has 2 aromatic heterocycles. The van der Waals surface area contributed by atoms with E-state index in [2.05, 4.69) is 25.4 Å². The minimum Gasteiger partial charge on any atom is -0.366 e. The highest BCUT2D eigenvalue weighted by Crippen LogP contribution is 2.40. The number of hydrogen-bond donors (Lipinski definition) is 2. The summed E-state index contributed by atoms with van der Waals surface area (Å²) in [5.74, 6) is 0.0985. The second kappa shape index (κ2) is 8.05. The fourth-order valence-corrected chi connectivity index (χ4v) is 4.42. The number of hydrogen-bond acceptors (Lipinski definition) is 5. The number of halogens is 3. The van der Waals surface area contributed by atoms with Crippen LogP contribution in [0, 0.1) is 0 Å². The van der Waals surface area contributed by atoms with Crippen LogP contribution in [0.2, 0.25) is 0 Å². The number of likely N-dealkylation sites (tertiary alicyclic amines) is 2. The zero-order valence-corrected chi connectivity index (χ0v) is 17.2. The fraction of sp³-hybridized carbons (Fsp3) is 0.650. The molecule has 2 saturated heterocycles. The van der Waals surface area contributed by atoms with E-state index >= 15 is 0 Å². The van der Waals surface area contributed by atoms with Crippen molar-refractivity contribution in [1.82, 2.24) is 25.0 Å². The van der Waals surface area contributed by atoms with Gasteiger partial charge in [0, 0.05) is 12.6 Å². The van der Waals surface area contributed by atoms with Crippen molar-refractivity contribution < 1.29 is 18.0 Å². The van der Waals surface area contributed by atoms with Crippen LogP contribution >= 0.6 is 0 Å². The maximum absolute atomic E-state index is 13.9. The smallest absolute Gasteiger partial charge is 0.366 e. The number of nitrogens with zero attached hydrogens (tertiary/aromatic N) is 4. The number of H-pyrrole nitrogens is 1. The maximum atomic E-state index is 13.9. The molecule has 7 nitrogen and oxygen atoms in total. The number of nitrogens with one attached hydrogen (secondary N) is 2. The van der Waals surface area contributed by atoms with E-state index < -0.39 is 17.8 Å². The standard InChI is InChI=1S/C20H27F3N6O/c1-12(2)24-18-17-13(20(21,22)23)10-14(25-19(17)27-26-18)15-6-5-9-29(15)16(30)11-28-7-3-4-8-28/h10,12,15H,3-9,11H2,1-2H3,(H2,24,25,26,27). The van der Waals surface area contributed by atoms with Crippen LogP contribution in [0.1, 0.15) is 56.8 Å². The van der Waals surface area contributed by atoms with Gasteiger partial charge in [0.2, 0.25) is 5.91 Å².